The molecule has 2 saturated heterocycles. The Balaban J connectivity index is 1.64. The Kier molecular flexibility index (Phi) is 3.71. The van der Waals surface area contributed by atoms with Crippen molar-refractivity contribution in [3.63, 3.8) is 0 Å². The monoisotopic (exact) mass is 295 g/mol. The van der Waals surface area contributed by atoms with Gasteiger partial charge in [0.25, 0.3) is 5.91 Å². The summed E-state index contributed by atoms with van der Waals surface area (Å²) in [5.74, 6) is 0.542. The predicted molar refractivity (Wildman–Crippen MR) is 73.3 cm³/mol. The average Bonchev–Trinajstić information content (AvgIpc) is 3.13. The Bertz CT molecular complexity index is 505. The zero-order valence-electron chi connectivity index (χ0n) is 11.1. The van der Waals surface area contributed by atoms with Crippen LogP contribution in [0.5, 0.6) is 0 Å². The molecule has 108 valence electrons. The number of hydrogen-bond donors (Lipinski definition) is 1. The normalized spacial score (nSPS) is 25.6. The fourth-order valence-electron chi connectivity index (χ4n) is 3.14. The van der Waals surface area contributed by atoms with Gasteiger partial charge in [-0.15, -0.1) is 11.3 Å². The van der Waals surface area contributed by atoms with E-state index in [0.29, 0.717) is 37.2 Å². The van der Waals surface area contributed by atoms with Gasteiger partial charge in [-0.25, -0.2) is 4.98 Å². The van der Waals surface area contributed by atoms with Crippen molar-refractivity contribution in [2.24, 2.45) is 11.8 Å². The summed E-state index contributed by atoms with van der Waals surface area (Å²) >= 11 is 1.42. The smallest absolute Gasteiger partial charge is 0.273 e. The standard InChI is InChI=1S/C13H17N3O3S/c17-6-12(18)16-3-9-1-2-15(4-10(9)5-16)13(19)11-7-20-8-14-11/h7-10,17H,1-6H2/t9-,10-/m1/s1. The van der Waals surface area contributed by atoms with Crippen molar-refractivity contribution in [3.05, 3.63) is 16.6 Å². The highest BCUT2D eigenvalue weighted by Crippen LogP contribution is 2.31. The van der Waals surface area contributed by atoms with Crippen LogP contribution < -0.4 is 0 Å². The van der Waals surface area contributed by atoms with Crippen molar-refractivity contribution in [1.29, 1.82) is 0 Å². The largest absolute Gasteiger partial charge is 0.387 e. The van der Waals surface area contributed by atoms with Crippen molar-refractivity contribution in [2.75, 3.05) is 32.8 Å². The first kappa shape index (κ1) is 13.5. The zero-order chi connectivity index (χ0) is 14.1. The summed E-state index contributed by atoms with van der Waals surface area (Å²) in [6.45, 7) is 2.32. The molecule has 1 N–H and O–H groups in total. The van der Waals surface area contributed by atoms with Gasteiger partial charge in [-0.3, -0.25) is 9.59 Å². The Morgan fingerprint density at radius 1 is 1.30 bits per heavy atom. The molecule has 1 aromatic heterocycles. The van der Waals surface area contributed by atoms with Gasteiger partial charge in [-0.05, 0) is 18.3 Å². The van der Waals surface area contributed by atoms with Crippen LogP contribution in [0.15, 0.2) is 10.9 Å². The second kappa shape index (κ2) is 5.49. The molecule has 0 radical (unpaired) electrons. The van der Waals surface area contributed by atoms with E-state index >= 15 is 0 Å². The van der Waals surface area contributed by atoms with E-state index in [4.69, 9.17) is 5.11 Å². The number of aromatic nitrogens is 1. The van der Waals surface area contributed by atoms with Gasteiger partial charge in [0, 0.05) is 31.6 Å². The van der Waals surface area contributed by atoms with Crippen molar-refractivity contribution >= 4 is 23.2 Å². The number of fused-ring (bicyclic) bond motifs is 1. The minimum atomic E-state index is -0.430. The van der Waals surface area contributed by atoms with Crippen molar-refractivity contribution in [2.45, 2.75) is 6.42 Å². The Morgan fingerprint density at radius 2 is 2.05 bits per heavy atom. The highest BCUT2D eigenvalue weighted by Gasteiger charge is 2.39. The second-order valence-electron chi connectivity index (χ2n) is 5.39. The molecule has 0 aliphatic carbocycles. The van der Waals surface area contributed by atoms with E-state index in [0.717, 1.165) is 13.0 Å². The minimum Gasteiger partial charge on any atom is -0.387 e. The van der Waals surface area contributed by atoms with Crippen LogP contribution in [-0.2, 0) is 4.79 Å². The van der Waals surface area contributed by atoms with Crippen LogP contribution in [0.25, 0.3) is 0 Å². The minimum absolute atomic E-state index is 0.0170. The lowest BCUT2D eigenvalue weighted by Gasteiger charge is -2.33. The molecule has 2 fully saturated rings. The molecule has 2 amide bonds. The van der Waals surface area contributed by atoms with Crippen LogP contribution in [-0.4, -0.2) is 64.5 Å². The van der Waals surface area contributed by atoms with Gasteiger partial charge in [-0.2, -0.15) is 0 Å². The van der Waals surface area contributed by atoms with Crippen LogP contribution in [0.4, 0.5) is 0 Å². The maximum Gasteiger partial charge on any atom is 0.273 e. The Morgan fingerprint density at radius 3 is 2.75 bits per heavy atom. The molecule has 0 saturated carbocycles. The molecule has 2 aliphatic rings. The van der Waals surface area contributed by atoms with Crippen molar-refractivity contribution < 1.29 is 14.7 Å². The van der Waals surface area contributed by atoms with Crippen LogP contribution in [0.2, 0.25) is 0 Å². The fourth-order valence-corrected chi connectivity index (χ4v) is 3.66. The lowest BCUT2D eigenvalue weighted by atomic mass is 9.88. The molecule has 0 bridgehead atoms. The lowest BCUT2D eigenvalue weighted by Crippen LogP contribution is -2.43. The zero-order valence-corrected chi connectivity index (χ0v) is 11.9. The Labute approximate surface area is 121 Å². The third-order valence-corrected chi connectivity index (χ3v) is 4.81. The van der Waals surface area contributed by atoms with E-state index in [2.05, 4.69) is 4.98 Å². The maximum atomic E-state index is 12.3. The molecule has 2 aliphatic heterocycles. The number of rotatable bonds is 2. The quantitative estimate of drug-likeness (QED) is 0.837. The summed E-state index contributed by atoms with van der Waals surface area (Å²) in [5, 5.41) is 10.7. The second-order valence-corrected chi connectivity index (χ2v) is 6.11. The molecule has 7 heteroatoms. The molecule has 3 heterocycles. The Hall–Kier alpha value is -1.47. The number of hydrogen-bond acceptors (Lipinski definition) is 5. The summed E-state index contributed by atoms with van der Waals surface area (Å²) in [4.78, 5) is 31.4. The van der Waals surface area contributed by atoms with Crippen LogP contribution in [0.1, 0.15) is 16.9 Å². The molecule has 0 spiro atoms. The van der Waals surface area contributed by atoms with Gasteiger partial charge in [0.15, 0.2) is 0 Å². The summed E-state index contributed by atoms with van der Waals surface area (Å²) in [7, 11) is 0. The molecule has 20 heavy (non-hydrogen) atoms. The average molecular weight is 295 g/mol. The van der Waals surface area contributed by atoms with Crippen molar-refractivity contribution in [1.82, 2.24) is 14.8 Å². The first-order valence-electron chi connectivity index (χ1n) is 6.75. The first-order chi connectivity index (χ1) is 9.69. The number of aliphatic hydroxyl groups excluding tert-OH is 1. The maximum absolute atomic E-state index is 12.3. The molecule has 6 nitrogen and oxygen atoms in total. The van der Waals surface area contributed by atoms with E-state index < -0.39 is 6.61 Å². The number of nitrogens with zero attached hydrogens (tertiary/aromatic N) is 3. The lowest BCUT2D eigenvalue weighted by molar-refractivity contribution is -0.133. The fraction of sp³-hybridized carbons (Fsp3) is 0.615. The van der Waals surface area contributed by atoms with Gasteiger partial charge in [-0.1, -0.05) is 0 Å². The molecule has 3 rings (SSSR count). The van der Waals surface area contributed by atoms with Gasteiger partial charge in [0.1, 0.15) is 12.3 Å². The van der Waals surface area contributed by atoms with Gasteiger partial charge >= 0.3 is 0 Å². The van der Waals surface area contributed by atoms with Gasteiger partial charge in [0.05, 0.1) is 5.51 Å². The van der Waals surface area contributed by atoms with Crippen LogP contribution >= 0.6 is 11.3 Å². The summed E-state index contributed by atoms with van der Waals surface area (Å²) < 4.78 is 0. The first-order valence-corrected chi connectivity index (χ1v) is 7.69. The molecule has 2 atom stereocenters. The highest BCUT2D eigenvalue weighted by atomic mass is 32.1. The van der Waals surface area contributed by atoms with E-state index in [1.165, 1.54) is 11.3 Å². The number of thiazole rings is 1. The number of piperidine rings is 1. The van der Waals surface area contributed by atoms with Crippen molar-refractivity contribution in [3.8, 4) is 0 Å². The summed E-state index contributed by atoms with van der Waals surface area (Å²) in [6, 6.07) is 0. The van der Waals surface area contributed by atoms with Gasteiger partial charge < -0.3 is 14.9 Å². The number of carbonyl (C=O) groups is 2. The summed E-state index contributed by atoms with van der Waals surface area (Å²) in [6.07, 6.45) is 0.912. The number of amides is 2. The third-order valence-electron chi connectivity index (χ3n) is 4.23. The summed E-state index contributed by atoms with van der Waals surface area (Å²) in [5.41, 5.74) is 2.17. The molecular formula is C13H17N3O3S. The van der Waals surface area contributed by atoms with E-state index in [-0.39, 0.29) is 11.8 Å². The van der Waals surface area contributed by atoms with E-state index in [9.17, 15) is 9.59 Å². The molecular weight excluding hydrogens is 278 g/mol. The highest BCUT2D eigenvalue weighted by molar-refractivity contribution is 7.07. The van der Waals surface area contributed by atoms with E-state index in [1.54, 1.807) is 15.8 Å². The molecule has 0 aromatic carbocycles. The topological polar surface area (TPSA) is 73.7 Å². The molecule has 1 aromatic rings. The van der Waals surface area contributed by atoms with E-state index in [1.807, 2.05) is 4.90 Å². The number of carbonyl (C=O) groups excluding carboxylic acids is 2. The number of likely N-dealkylation sites (tertiary alicyclic amines) is 2. The third kappa shape index (κ3) is 2.43. The molecule has 0 unspecified atom stereocenters. The van der Waals surface area contributed by atoms with Crippen LogP contribution in [0.3, 0.4) is 0 Å². The predicted octanol–water partition coefficient (Wildman–Crippen LogP) is 0.0559. The number of aliphatic hydroxyl groups is 1. The SMILES string of the molecule is O=C(CO)N1C[C@H]2CCN(C(=O)c3cscn3)C[C@@H]2C1. The van der Waals surface area contributed by atoms with Gasteiger partial charge in [0.2, 0.25) is 5.91 Å². The van der Waals surface area contributed by atoms with Crippen LogP contribution in [0, 0.1) is 11.8 Å².